The minimum atomic E-state index is -4.44. The fourth-order valence-corrected chi connectivity index (χ4v) is 1.68. The smallest absolute Gasteiger partial charge is 0.416 e. The average Bonchev–Trinajstić information content (AvgIpc) is 2.45. The van der Waals surface area contributed by atoms with E-state index < -0.39 is 11.7 Å². The molecule has 20 heavy (non-hydrogen) atoms. The van der Waals surface area contributed by atoms with Crippen LogP contribution in [0, 0.1) is 0 Å². The molecular formula is C13H12F3N3O. The van der Waals surface area contributed by atoms with Gasteiger partial charge < -0.3 is 10.1 Å². The van der Waals surface area contributed by atoms with Gasteiger partial charge in [-0.2, -0.15) is 13.2 Å². The fourth-order valence-electron chi connectivity index (χ4n) is 1.68. The van der Waals surface area contributed by atoms with Gasteiger partial charge in [0.05, 0.1) is 18.9 Å². The first kappa shape index (κ1) is 14.1. The third-order valence-electron chi connectivity index (χ3n) is 2.65. The molecule has 0 unspecified atom stereocenters. The zero-order chi connectivity index (χ0) is 14.6. The number of hydrogen-bond donors (Lipinski definition) is 1. The SMILES string of the molecule is COc1ccc(CNc2cnccn2)c(C(F)(F)F)c1. The van der Waals surface area contributed by atoms with Gasteiger partial charge in [0.25, 0.3) is 0 Å². The Labute approximate surface area is 113 Å². The number of ether oxygens (including phenoxy) is 1. The molecule has 7 heteroatoms. The molecule has 2 aromatic rings. The van der Waals surface area contributed by atoms with Crippen molar-refractivity contribution in [3.05, 3.63) is 47.9 Å². The molecule has 0 radical (unpaired) electrons. The highest BCUT2D eigenvalue weighted by atomic mass is 19.4. The van der Waals surface area contributed by atoms with Crippen LogP contribution >= 0.6 is 0 Å². The molecule has 0 aliphatic heterocycles. The number of anilines is 1. The Morgan fingerprint density at radius 2 is 2.05 bits per heavy atom. The van der Waals surface area contributed by atoms with Crippen LogP contribution < -0.4 is 10.1 Å². The van der Waals surface area contributed by atoms with Crippen molar-refractivity contribution < 1.29 is 17.9 Å². The topological polar surface area (TPSA) is 47.0 Å². The summed E-state index contributed by atoms with van der Waals surface area (Å²) < 4.78 is 43.8. The Hall–Kier alpha value is -2.31. The predicted octanol–water partition coefficient (Wildman–Crippen LogP) is 3.12. The second kappa shape index (κ2) is 5.77. The molecule has 1 aromatic carbocycles. The summed E-state index contributed by atoms with van der Waals surface area (Å²) in [5, 5.41) is 2.80. The number of rotatable bonds is 4. The zero-order valence-corrected chi connectivity index (χ0v) is 10.6. The van der Waals surface area contributed by atoms with E-state index in [4.69, 9.17) is 4.74 Å². The fraction of sp³-hybridized carbons (Fsp3) is 0.231. The van der Waals surface area contributed by atoms with Crippen LogP contribution in [0.5, 0.6) is 5.75 Å². The highest BCUT2D eigenvalue weighted by molar-refractivity contribution is 5.40. The maximum Gasteiger partial charge on any atom is 0.416 e. The molecule has 0 spiro atoms. The number of halogens is 3. The Bertz CT molecular complexity index is 573. The summed E-state index contributed by atoms with van der Waals surface area (Å²) >= 11 is 0. The van der Waals surface area contributed by atoms with Crippen LogP contribution in [0.1, 0.15) is 11.1 Å². The van der Waals surface area contributed by atoms with Crippen LogP contribution in [0.15, 0.2) is 36.8 Å². The van der Waals surface area contributed by atoms with E-state index in [1.54, 1.807) is 0 Å². The average molecular weight is 283 g/mol. The van der Waals surface area contributed by atoms with E-state index >= 15 is 0 Å². The van der Waals surface area contributed by atoms with Gasteiger partial charge in [-0.3, -0.25) is 4.98 Å². The summed E-state index contributed by atoms with van der Waals surface area (Å²) in [4.78, 5) is 7.77. The van der Waals surface area contributed by atoms with Crippen LogP contribution in [0.25, 0.3) is 0 Å². The summed E-state index contributed by atoms with van der Waals surface area (Å²) in [6, 6.07) is 3.85. The number of methoxy groups -OCH3 is 1. The number of benzene rings is 1. The normalized spacial score (nSPS) is 11.2. The number of nitrogens with one attached hydrogen (secondary N) is 1. The molecule has 1 heterocycles. The Kier molecular flexibility index (Phi) is 4.07. The van der Waals surface area contributed by atoms with Gasteiger partial charge in [-0.15, -0.1) is 0 Å². The van der Waals surface area contributed by atoms with Gasteiger partial charge in [0.15, 0.2) is 0 Å². The third-order valence-corrected chi connectivity index (χ3v) is 2.65. The van der Waals surface area contributed by atoms with Gasteiger partial charge in [0.1, 0.15) is 11.6 Å². The van der Waals surface area contributed by atoms with E-state index in [0.717, 1.165) is 6.07 Å². The molecule has 0 fully saturated rings. The van der Waals surface area contributed by atoms with Gasteiger partial charge in [-0.05, 0) is 17.7 Å². The van der Waals surface area contributed by atoms with Gasteiger partial charge in [0.2, 0.25) is 0 Å². The van der Waals surface area contributed by atoms with Crippen molar-refractivity contribution >= 4 is 5.82 Å². The molecule has 0 bridgehead atoms. The summed E-state index contributed by atoms with van der Waals surface area (Å²) in [5.41, 5.74) is -0.614. The minimum absolute atomic E-state index is 0.00245. The highest BCUT2D eigenvalue weighted by Gasteiger charge is 2.33. The lowest BCUT2D eigenvalue weighted by Crippen LogP contribution is -2.12. The molecule has 1 N–H and O–H groups in total. The van der Waals surface area contributed by atoms with Crippen molar-refractivity contribution in [2.24, 2.45) is 0 Å². The van der Waals surface area contributed by atoms with E-state index in [9.17, 15) is 13.2 Å². The summed E-state index contributed by atoms with van der Waals surface area (Å²) in [6.45, 7) is -0.00245. The lowest BCUT2D eigenvalue weighted by molar-refractivity contribution is -0.138. The minimum Gasteiger partial charge on any atom is -0.497 e. The Morgan fingerprint density at radius 3 is 2.65 bits per heavy atom. The van der Waals surface area contributed by atoms with Crippen molar-refractivity contribution in [2.45, 2.75) is 12.7 Å². The molecule has 0 aliphatic rings. The van der Waals surface area contributed by atoms with Gasteiger partial charge in [-0.1, -0.05) is 6.07 Å². The van der Waals surface area contributed by atoms with Gasteiger partial charge in [0, 0.05) is 18.9 Å². The molecule has 0 saturated carbocycles. The molecule has 1 aromatic heterocycles. The lowest BCUT2D eigenvalue weighted by atomic mass is 10.1. The molecule has 0 aliphatic carbocycles. The van der Waals surface area contributed by atoms with E-state index in [-0.39, 0.29) is 17.9 Å². The highest BCUT2D eigenvalue weighted by Crippen LogP contribution is 2.34. The summed E-state index contributed by atoms with van der Waals surface area (Å²) in [7, 11) is 1.33. The van der Waals surface area contributed by atoms with Crippen molar-refractivity contribution in [3.8, 4) is 5.75 Å². The first-order valence-corrected chi connectivity index (χ1v) is 5.74. The lowest BCUT2D eigenvalue weighted by Gasteiger charge is -2.14. The first-order valence-electron chi connectivity index (χ1n) is 5.74. The largest absolute Gasteiger partial charge is 0.497 e. The predicted molar refractivity (Wildman–Crippen MR) is 67.4 cm³/mol. The molecule has 4 nitrogen and oxygen atoms in total. The maximum absolute atomic E-state index is 13.0. The number of aromatic nitrogens is 2. The number of hydrogen-bond acceptors (Lipinski definition) is 4. The molecule has 0 saturated heterocycles. The first-order chi connectivity index (χ1) is 9.50. The van der Waals surface area contributed by atoms with Crippen molar-refractivity contribution in [2.75, 3.05) is 12.4 Å². The van der Waals surface area contributed by atoms with Crippen LogP contribution in [-0.4, -0.2) is 17.1 Å². The molecule has 106 valence electrons. The number of alkyl halides is 3. The van der Waals surface area contributed by atoms with E-state index in [1.165, 1.54) is 37.8 Å². The molecule has 0 atom stereocenters. The second-order valence-corrected chi connectivity index (χ2v) is 3.97. The summed E-state index contributed by atoms with van der Waals surface area (Å²) in [5.74, 6) is 0.581. The second-order valence-electron chi connectivity index (χ2n) is 3.97. The molecule has 0 amide bonds. The Morgan fingerprint density at radius 1 is 1.25 bits per heavy atom. The quantitative estimate of drug-likeness (QED) is 0.936. The standard InChI is InChI=1S/C13H12F3N3O/c1-20-10-3-2-9(11(6-10)13(14,15)16)7-19-12-8-17-4-5-18-12/h2-6,8H,7H2,1H3,(H,18,19). The van der Waals surface area contributed by atoms with Crippen LogP contribution in [0.3, 0.4) is 0 Å². The van der Waals surface area contributed by atoms with Crippen molar-refractivity contribution in [1.29, 1.82) is 0 Å². The van der Waals surface area contributed by atoms with Crippen molar-refractivity contribution in [1.82, 2.24) is 9.97 Å². The van der Waals surface area contributed by atoms with E-state index in [0.29, 0.717) is 5.82 Å². The van der Waals surface area contributed by atoms with Gasteiger partial charge in [-0.25, -0.2) is 4.98 Å². The number of nitrogens with zero attached hydrogens (tertiary/aromatic N) is 2. The van der Waals surface area contributed by atoms with Gasteiger partial charge >= 0.3 is 6.18 Å². The Balaban J connectivity index is 2.23. The van der Waals surface area contributed by atoms with Crippen LogP contribution in [0.2, 0.25) is 0 Å². The maximum atomic E-state index is 13.0. The monoisotopic (exact) mass is 283 g/mol. The van der Waals surface area contributed by atoms with Crippen molar-refractivity contribution in [3.63, 3.8) is 0 Å². The molecule has 2 rings (SSSR count). The van der Waals surface area contributed by atoms with E-state index in [1.807, 2.05) is 0 Å². The summed E-state index contributed by atoms with van der Waals surface area (Å²) in [6.07, 6.45) is -0.0502. The van der Waals surface area contributed by atoms with Crippen LogP contribution in [0.4, 0.5) is 19.0 Å². The van der Waals surface area contributed by atoms with E-state index in [2.05, 4.69) is 15.3 Å². The third kappa shape index (κ3) is 3.37. The molecular weight excluding hydrogens is 271 g/mol. The zero-order valence-electron chi connectivity index (χ0n) is 10.6. The van der Waals surface area contributed by atoms with Crippen LogP contribution in [-0.2, 0) is 12.7 Å².